The molecular weight excluding hydrogens is 749 g/mol. The zero-order valence-electron chi connectivity index (χ0n) is 63.5. The molecule has 0 bridgehead atoms. The van der Waals surface area contributed by atoms with Crippen molar-refractivity contribution < 1.29 is 43.9 Å². The van der Waals surface area contributed by atoms with E-state index in [1.165, 1.54) is 48.5 Å². The van der Waals surface area contributed by atoms with Gasteiger partial charge in [0.25, 0.3) is 0 Å². The van der Waals surface area contributed by atoms with Crippen LogP contribution in [-0.4, -0.2) is 9.13 Å². The Morgan fingerprint density at radius 1 is 0.258 bits per heavy atom. The second-order valence-electron chi connectivity index (χ2n) is 13.6. The van der Waals surface area contributed by atoms with Gasteiger partial charge in [0.2, 0.25) is 0 Å². The number of rotatable bonds is 7. The normalized spacial score (nSPS) is 18.8. The van der Waals surface area contributed by atoms with Crippen molar-refractivity contribution in [2.75, 3.05) is 0 Å². The molecule has 290 valence electrons. The van der Waals surface area contributed by atoms with E-state index in [2.05, 4.69) is 0 Å². The van der Waals surface area contributed by atoms with Gasteiger partial charge in [-0.1, -0.05) is 181 Å². The standard InChI is InChI=1S/C60H40N2/c1-5-17-41(18-6-1)45-29-33-57-51(37-45)52-38-46(42-19-7-2-8-20-42)30-34-58(52)61(57)55-27-15-13-25-49(55)50-26-14-16-28-56(50)62-59-35-31-47(43-21-9-3-10-22-43)39-53(59)54-40-48(32-36-60(54)62)44-23-11-4-12-24-44/h1-40H/i1D,2D,3D,4D,5D,6D,7D,8D,9D,10D,11D,12D,17D,18D,19D,20D,21D,22D,23D,24D,29D,30D,31D,32D,33D,34D,35D,36D,37D,38D,39D,40D. The zero-order chi connectivity index (χ0) is 68.8. The summed E-state index contributed by atoms with van der Waals surface area (Å²) in [5.41, 5.74) is -7.88. The van der Waals surface area contributed by atoms with Crippen LogP contribution in [0.15, 0.2) is 242 Å². The highest BCUT2D eigenvalue weighted by Crippen LogP contribution is 2.43. The monoisotopic (exact) mass is 821 g/mol. The van der Waals surface area contributed by atoms with Crippen molar-refractivity contribution in [2.24, 2.45) is 0 Å². The van der Waals surface area contributed by atoms with Crippen LogP contribution in [0.4, 0.5) is 0 Å². The van der Waals surface area contributed by atoms with Crippen LogP contribution >= 0.6 is 0 Å². The van der Waals surface area contributed by atoms with Gasteiger partial charge in [-0.2, -0.15) is 0 Å². The highest BCUT2D eigenvalue weighted by Gasteiger charge is 2.21. The van der Waals surface area contributed by atoms with E-state index in [-0.39, 0.29) is 22.5 Å². The number of aromatic nitrogens is 2. The highest BCUT2D eigenvalue weighted by molar-refractivity contribution is 6.14. The smallest absolute Gasteiger partial charge is 0.0645 e. The molecule has 0 saturated carbocycles. The molecule has 62 heavy (non-hydrogen) atoms. The van der Waals surface area contributed by atoms with E-state index < -0.39 is 281 Å². The number of benzene rings is 10. The summed E-state index contributed by atoms with van der Waals surface area (Å²) < 4.78 is 293. The molecule has 2 heteroatoms. The third-order valence-electron chi connectivity index (χ3n) is 10.1. The van der Waals surface area contributed by atoms with E-state index in [1.54, 1.807) is 0 Å². The van der Waals surface area contributed by atoms with Crippen LogP contribution in [0.3, 0.4) is 0 Å². The third-order valence-corrected chi connectivity index (χ3v) is 10.1. The minimum atomic E-state index is -0.912. The maximum Gasteiger partial charge on any atom is 0.0645 e. The Morgan fingerprint density at radius 2 is 0.516 bits per heavy atom. The molecule has 2 aromatic heterocycles. The molecule has 0 N–H and O–H groups in total. The molecule has 0 amide bonds. The second-order valence-corrected chi connectivity index (χ2v) is 13.6. The molecule has 0 spiro atoms. The lowest BCUT2D eigenvalue weighted by Crippen LogP contribution is -2.01. The fourth-order valence-electron chi connectivity index (χ4n) is 7.49. The lowest BCUT2D eigenvalue weighted by molar-refractivity contribution is 1.16. The second kappa shape index (κ2) is 14.8. The van der Waals surface area contributed by atoms with Gasteiger partial charge in [-0.15, -0.1) is 0 Å². The Labute approximate surface area is 405 Å². The molecule has 0 aliphatic heterocycles. The SMILES string of the molecule is [2H]c1c([2H])c([2H])c(-c2c([2H])c([2H])c3c(c2[2H])c2c([2H])c(-c4c([2H])c([2H])c([2H])c([2H])c4[2H])c([2H])c([2H])c2n3-c2ccccc2-c2ccccc2-n2c3c([2H])c([2H])c(-c4c([2H])c([2H])c([2H])c([2H])c4[2H])c([2H])c3c3c([2H])c(-c4c([2H])c([2H])c([2H])c([2H])c4[2H])c([2H])c([2H])c32)c([2H])c1[2H]. The van der Waals surface area contributed by atoms with Crippen molar-refractivity contribution in [1.82, 2.24) is 9.13 Å². The van der Waals surface area contributed by atoms with E-state index >= 15 is 0 Å². The van der Waals surface area contributed by atoms with Crippen molar-refractivity contribution in [2.45, 2.75) is 0 Å². The third kappa shape index (κ3) is 5.96. The van der Waals surface area contributed by atoms with E-state index in [1.807, 2.05) is 0 Å². The number of hydrogen-bond donors (Lipinski definition) is 0. The molecule has 0 radical (unpaired) electrons. The summed E-state index contributed by atoms with van der Waals surface area (Å²) in [7, 11) is 0. The summed E-state index contributed by atoms with van der Waals surface area (Å²) in [4.78, 5) is 0. The van der Waals surface area contributed by atoms with E-state index in [0.717, 1.165) is 9.13 Å². The van der Waals surface area contributed by atoms with E-state index in [0.29, 0.717) is 0 Å². The first-order chi connectivity index (χ1) is 44.1. The first-order valence-corrected chi connectivity index (χ1v) is 18.7. The van der Waals surface area contributed by atoms with Gasteiger partial charge in [-0.3, -0.25) is 0 Å². The van der Waals surface area contributed by atoms with Crippen molar-refractivity contribution in [3.05, 3.63) is 242 Å². The zero-order valence-corrected chi connectivity index (χ0v) is 31.5. The summed E-state index contributed by atoms with van der Waals surface area (Å²) in [6.45, 7) is 0. The fourth-order valence-corrected chi connectivity index (χ4v) is 7.49. The van der Waals surface area contributed by atoms with Crippen molar-refractivity contribution in [3.8, 4) is 67.0 Å². The molecule has 2 nitrogen and oxygen atoms in total. The largest absolute Gasteiger partial charge is 0.309 e. The van der Waals surface area contributed by atoms with Gasteiger partial charge in [-0.25, -0.2) is 0 Å². The number of nitrogens with zero attached hydrogens (tertiary/aromatic N) is 2. The maximum atomic E-state index is 10.00. The summed E-state index contributed by atoms with van der Waals surface area (Å²) in [5.74, 6) is 0. The van der Waals surface area contributed by atoms with Crippen molar-refractivity contribution in [1.29, 1.82) is 0 Å². The minimum absolute atomic E-state index is 0.00478. The Hall–Kier alpha value is -8.20. The Kier molecular flexibility index (Phi) is 3.82. The van der Waals surface area contributed by atoms with E-state index in [4.69, 9.17) is 27.4 Å². The molecule has 0 fully saturated rings. The van der Waals surface area contributed by atoms with Gasteiger partial charge in [0.05, 0.1) is 77.3 Å². The quantitative estimate of drug-likeness (QED) is 0.152. The Morgan fingerprint density at radius 3 is 0.790 bits per heavy atom. The van der Waals surface area contributed by atoms with Crippen LogP contribution in [-0.2, 0) is 0 Å². The van der Waals surface area contributed by atoms with Gasteiger partial charge in [0.15, 0.2) is 0 Å². The first kappa shape index (κ1) is 16.0. The Bertz CT molecular complexity index is 4790. The minimum Gasteiger partial charge on any atom is -0.309 e. The molecule has 12 aromatic rings. The summed E-state index contributed by atoms with van der Waals surface area (Å²) in [6, 6.07) is -16.4. The van der Waals surface area contributed by atoms with Gasteiger partial charge in [0.1, 0.15) is 0 Å². The van der Waals surface area contributed by atoms with Crippen LogP contribution in [0.5, 0.6) is 0 Å². The first-order valence-electron chi connectivity index (χ1n) is 34.7. The van der Waals surface area contributed by atoms with Crippen LogP contribution < -0.4 is 0 Å². The topological polar surface area (TPSA) is 9.86 Å². The van der Waals surface area contributed by atoms with Crippen LogP contribution in [0.2, 0.25) is 0 Å². The predicted octanol–water partition coefficient (Wildman–Crippen LogP) is 16.2. The lowest BCUT2D eigenvalue weighted by Gasteiger charge is -2.18. The molecule has 0 atom stereocenters. The molecule has 0 aliphatic carbocycles. The molecule has 10 aromatic carbocycles. The highest BCUT2D eigenvalue weighted by atomic mass is 15.0. The van der Waals surface area contributed by atoms with E-state index in [9.17, 15) is 16.4 Å². The number of para-hydroxylation sites is 2. The average Bonchev–Trinajstić information content (AvgIpc) is 1.52. The number of fused-ring (bicyclic) bond motifs is 6. The van der Waals surface area contributed by atoms with Crippen LogP contribution in [0.25, 0.3) is 111 Å². The summed E-state index contributed by atoms with van der Waals surface area (Å²) >= 11 is 0. The number of hydrogen-bond acceptors (Lipinski definition) is 0. The van der Waals surface area contributed by atoms with Gasteiger partial charge in [-0.05, 0) is 105 Å². The van der Waals surface area contributed by atoms with Crippen molar-refractivity contribution in [3.63, 3.8) is 0 Å². The molecule has 0 aliphatic rings. The molecular formula is C60H40N2. The predicted molar refractivity (Wildman–Crippen MR) is 262 cm³/mol. The maximum absolute atomic E-state index is 10.00. The Balaban J connectivity index is 1.27. The lowest BCUT2D eigenvalue weighted by atomic mass is 10.0. The summed E-state index contributed by atoms with van der Waals surface area (Å²) in [6.07, 6.45) is 0. The van der Waals surface area contributed by atoms with Crippen LogP contribution in [0, 0.1) is 0 Å². The van der Waals surface area contributed by atoms with Gasteiger partial charge >= 0.3 is 0 Å². The van der Waals surface area contributed by atoms with Crippen molar-refractivity contribution >= 4 is 43.6 Å². The van der Waals surface area contributed by atoms with Gasteiger partial charge in [0, 0.05) is 32.7 Å². The molecule has 12 rings (SSSR count). The molecule has 0 saturated heterocycles. The van der Waals surface area contributed by atoms with Gasteiger partial charge < -0.3 is 9.13 Å². The molecule has 2 heterocycles. The fraction of sp³-hybridized carbons (Fsp3) is 0. The molecule has 0 unspecified atom stereocenters. The van der Waals surface area contributed by atoms with Crippen LogP contribution in [0.1, 0.15) is 43.9 Å². The average molecular weight is 821 g/mol. The summed E-state index contributed by atoms with van der Waals surface area (Å²) in [5, 5.41) is -2.07.